The first-order valence-corrected chi connectivity index (χ1v) is 7.54. The number of carbonyl (C=O) groups excluding carboxylic acids is 2. The van der Waals surface area contributed by atoms with Crippen molar-refractivity contribution in [2.75, 3.05) is 4.90 Å². The Labute approximate surface area is 132 Å². The molecular formula is C17H16BrNO2. The van der Waals surface area contributed by atoms with Crippen molar-refractivity contribution < 1.29 is 9.59 Å². The number of hydrogen-bond donors (Lipinski definition) is 0. The number of aldehydes is 1. The molecule has 2 aromatic carbocycles. The SMILES string of the molecule is O=CCCC(=O)N(Cc1ccccc1)c1ccccc1Br. The van der Waals surface area contributed by atoms with Crippen LogP contribution < -0.4 is 4.90 Å². The lowest BCUT2D eigenvalue weighted by Gasteiger charge is -2.24. The number of nitrogens with zero attached hydrogens (tertiary/aromatic N) is 1. The van der Waals surface area contributed by atoms with Crippen LogP contribution in [-0.2, 0) is 16.1 Å². The molecule has 0 saturated carbocycles. The molecule has 0 N–H and O–H groups in total. The summed E-state index contributed by atoms with van der Waals surface area (Å²) in [7, 11) is 0. The minimum Gasteiger partial charge on any atom is -0.307 e. The van der Waals surface area contributed by atoms with Crippen molar-refractivity contribution in [3.8, 4) is 0 Å². The van der Waals surface area contributed by atoms with Crippen LogP contribution in [0.5, 0.6) is 0 Å². The van der Waals surface area contributed by atoms with Crippen molar-refractivity contribution in [3.05, 3.63) is 64.6 Å². The summed E-state index contributed by atoms with van der Waals surface area (Å²) < 4.78 is 0.861. The van der Waals surface area contributed by atoms with Gasteiger partial charge in [-0.2, -0.15) is 0 Å². The molecule has 108 valence electrons. The summed E-state index contributed by atoms with van der Waals surface area (Å²) >= 11 is 3.48. The van der Waals surface area contributed by atoms with E-state index in [9.17, 15) is 9.59 Å². The van der Waals surface area contributed by atoms with Crippen molar-refractivity contribution >= 4 is 33.8 Å². The third kappa shape index (κ3) is 4.26. The Morgan fingerprint density at radius 3 is 2.38 bits per heavy atom. The van der Waals surface area contributed by atoms with Gasteiger partial charge in [0.2, 0.25) is 5.91 Å². The molecule has 0 atom stereocenters. The second-order valence-electron chi connectivity index (χ2n) is 4.62. The molecule has 0 spiro atoms. The van der Waals surface area contributed by atoms with Gasteiger partial charge in [0, 0.05) is 17.3 Å². The van der Waals surface area contributed by atoms with Gasteiger partial charge in [-0.15, -0.1) is 0 Å². The number of rotatable bonds is 6. The van der Waals surface area contributed by atoms with Crippen molar-refractivity contribution in [2.45, 2.75) is 19.4 Å². The summed E-state index contributed by atoms with van der Waals surface area (Å²) in [5.41, 5.74) is 1.87. The largest absolute Gasteiger partial charge is 0.307 e. The number of halogens is 1. The number of anilines is 1. The molecule has 0 unspecified atom stereocenters. The van der Waals surface area contributed by atoms with Gasteiger partial charge in [0.1, 0.15) is 6.29 Å². The minimum absolute atomic E-state index is 0.0575. The first kappa shape index (κ1) is 15.4. The van der Waals surface area contributed by atoms with Gasteiger partial charge in [-0.1, -0.05) is 42.5 Å². The third-order valence-corrected chi connectivity index (χ3v) is 3.77. The topological polar surface area (TPSA) is 37.4 Å². The van der Waals surface area contributed by atoms with Gasteiger partial charge in [-0.25, -0.2) is 0 Å². The summed E-state index contributed by atoms with van der Waals surface area (Å²) in [4.78, 5) is 24.6. The maximum absolute atomic E-state index is 12.4. The lowest BCUT2D eigenvalue weighted by Crippen LogP contribution is -2.30. The van der Waals surface area contributed by atoms with Crippen molar-refractivity contribution in [1.82, 2.24) is 0 Å². The van der Waals surface area contributed by atoms with Crippen molar-refractivity contribution in [2.24, 2.45) is 0 Å². The molecule has 0 aliphatic rings. The zero-order valence-corrected chi connectivity index (χ0v) is 13.1. The molecule has 21 heavy (non-hydrogen) atoms. The second kappa shape index (κ2) is 7.74. The Kier molecular flexibility index (Phi) is 5.69. The zero-order chi connectivity index (χ0) is 15.1. The molecule has 0 radical (unpaired) electrons. The van der Waals surface area contributed by atoms with Crippen LogP contribution in [0.2, 0.25) is 0 Å². The van der Waals surface area contributed by atoms with Gasteiger partial charge in [-0.05, 0) is 33.6 Å². The molecule has 3 nitrogen and oxygen atoms in total. The van der Waals surface area contributed by atoms with E-state index in [1.54, 1.807) is 4.90 Å². The van der Waals surface area contributed by atoms with Crippen LogP contribution in [0.1, 0.15) is 18.4 Å². The molecule has 0 saturated heterocycles. The van der Waals surface area contributed by atoms with Gasteiger partial charge >= 0.3 is 0 Å². The van der Waals surface area contributed by atoms with E-state index < -0.39 is 0 Å². The first-order valence-electron chi connectivity index (χ1n) is 6.75. The predicted octanol–water partition coefficient (Wildman–Crippen LogP) is 3.96. The zero-order valence-electron chi connectivity index (χ0n) is 11.5. The van der Waals surface area contributed by atoms with E-state index in [-0.39, 0.29) is 18.7 Å². The normalized spacial score (nSPS) is 10.1. The smallest absolute Gasteiger partial charge is 0.227 e. The highest BCUT2D eigenvalue weighted by Crippen LogP contribution is 2.27. The molecule has 2 rings (SSSR count). The summed E-state index contributed by atoms with van der Waals surface area (Å²) in [5.74, 6) is -0.0575. The van der Waals surface area contributed by atoms with Crippen molar-refractivity contribution in [1.29, 1.82) is 0 Å². The lowest BCUT2D eigenvalue weighted by molar-refractivity contribution is -0.120. The maximum Gasteiger partial charge on any atom is 0.227 e. The quantitative estimate of drug-likeness (QED) is 0.743. The molecule has 0 aliphatic carbocycles. The molecule has 0 aliphatic heterocycles. The van der Waals surface area contributed by atoms with Crippen LogP contribution in [0.25, 0.3) is 0 Å². The summed E-state index contributed by atoms with van der Waals surface area (Å²) in [6, 6.07) is 17.4. The number of amides is 1. The molecule has 0 bridgehead atoms. The van der Waals surface area contributed by atoms with Crippen LogP contribution in [0.4, 0.5) is 5.69 Å². The van der Waals surface area contributed by atoms with E-state index in [1.165, 1.54) is 0 Å². The second-order valence-corrected chi connectivity index (χ2v) is 5.48. The standard InChI is InChI=1S/C17H16BrNO2/c18-15-9-4-5-10-16(15)19(17(21)11-6-12-20)13-14-7-2-1-3-8-14/h1-5,7-10,12H,6,11,13H2. The van der Waals surface area contributed by atoms with Gasteiger partial charge in [0.05, 0.1) is 12.2 Å². The minimum atomic E-state index is -0.0575. The fourth-order valence-electron chi connectivity index (χ4n) is 2.06. The fourth-order valence-corrected chi connectivity index (χ4v) is 2.56. The Morgan fingerprint density at radius 1 is 1.05 bits per heavy atom. The summed E-state index contributed by atoms with van der Waals surface area (Å²) in [6.07, 6.45) is 1.24. The number of carbonyl (C=O) groups is 2. The monoisotopic (exact) mass is 345 g/mol. The lowest BCUT2D eigenvalue weighted by atomic mass is 10.1. The molecule has 0 heterocycles. The van der Waals surface area contributed by atoms with Gasteiger partial charge in [-0.3, -0.25) is 4.79 Å². The molecule has 0 fully saturated rings. The molecule has 2 aromatic rings. The van der Waals surface area contributed by atoms with Crippen LogP contribution in [-0.4, -0.2) is 12.2 Å². The van der Waals surface area contributed by atoms with E-state index in [0.717, 1.165) is 22.0 Å². The molecular weight excluding hydrogens is 330 g/mol. The number of benzene rings is 2. The Morgan fingerprint density at radius 2 is 1.71 bits per heavy atom. The third-order valence-electron chi connectivity index (χ3n) is 3.10. The van der Waals surface area contributed by atoms with Gasteiger partial charge in [0.15, 0.2) is 0 Å². The fraction of sp³-hybridized carbons (Fsp3) is 0.176. The van der Waals surface area contributed by atoms with Gasteiger partial charge < -0.3 is 9.69 Å². The number of para-hydroxylation sites is 1. The molecule has 0 aromatic heterocycles. The molecule has 4 heteroatoms. The van der Waals surface area contributed by atoms with Crippen molar-refractivity contribution in [3.63, 3.8) is 0 Å². The molecule has 1 amide bonds. The Hall–Kier alpha value is -1.94. The van der Waals surface area contributed by atoms with E-state index in [0.29, 0.717) is 6.54 Å². The highest BCUT2D eigenvalue weighted by molar-refractivity contribution is 9.10. The average molecular weight is 346 g/mol. The first-order chi connectivity index (χ1) is 10.2. The Balaban J connectivity index is 2.28. The Bertz CT molecular complexity index is 613. The summed E-state index contributed by atoms with van der Waals surface area (Å²) in [5, 5.41) is 0. The van der Waals surface area contributed by atoms with E-state index in [1.807, 2.05) is 54.6 Å². The van der Waals surface area contributed by atoms with E-state index >= 15 is 0 Å². The van der Waals surface area contributed by atoms with Crippen LogP contribution in [0.15, 0.2) is 59.1 Å². The summed E-state index contributed by atoms with van der Waals surface area (Å²) in [6.45, 7) is 0.487. The maximum atomic E-state index is 12.4. The van der Waals surface area contributed by atoms with Gasteiger partial charge in [0.25, 0.3) is 0 Å². The predicted molar refractivity (Wildman–Crippen MR) is 87.1 cm³/mol. The van der Waals surface area contributed by atoms with Crippen LogP contribution in [0.3, 0.4) is 0 Å². The number of hydrogen-bond acceptors (Lipinski definition) is 2. The van der Waals surface area contributed by atoms with Crippen LogP contribution >= 0.6 is 15.9 Å². The van der Waals surface area contributed by atoms with E-state index in [4.69, 9.17) is 0 Å². The highest BCUT2D eigenvalue weighted by atomic mass is 79.9. The van der Waals surface area contributed by atoms with Crippen LogP contribution in [0, 0.1) is 0 Å². The highest BCUT2D eigenvalue weighted by Gasteiger charge is 2.17. The van der Waals surface area contributed by atoms with E-state index in [2.05, 4.69) is 15.9 Å². The average Bonchev–Trinajstić information content (AvgIpc) is 2.52.